The number of rotatable bonds is 3. The van der Waals surface area contributed by atoms with Gasteiger partial charge in [0, 0.05) is 11.2 Å². The predicted octanol–water partition coefficient (Wildman–Crippen LogP) is 3.56. The topological polar surface area (TPSA) is 41.1 Å². The summed E-state index contributed by atoms with van der Waals surface area (Å²) in [6, 6.07) is 7.77. The molecule has 0 aliphatic rings. The van der Waals surface area contributed by atoms with E-state index in [1.54, 1.807) is 0 Å². The van der Waals surface area contributed by atoms with E-state index in [9.17, 15) is 4.79 Å². The Morgan fingerprint density at radius 2 is 1.88 bits per heavy atom. The Kier molecular flexibility index (Phi) is 4.55. The molecule has 2 amide bonds. The lowest BCUT2D eigenvalue weighted by atomic mass is 10.1. The van der Waals surface area contributed by atoms with Crippen LogP contribution < -0.4 is 10.6 Å². The number of benzene rings is 1. The van der Waals surface area contributed by atoms with Crippen molar-refractivity contribution in [1.82, 2.24) is 5.32 Å². The summed E-state index contributed by atoms with van der Waals surface area (Å²) in [6.07, 6.45) is 2.05. The number of para-hydroxylation sites is 1. The quantitative estimate of drug-likeness (QED) is 0.825. The largest absolute Gasteiger partial charge is 0.333 e. The molecule has 0 atom stereocenters. The Labute approximate surface area is 104 Å². The highest BCUT2D eigenvalue weighted by Crippen LogP contribution is 2.16. The smallest absolute Gasteiger partial charge is 0.319 e. The van der Waals surface area contributed by atoms with E-state index in [4.69, 9.17) is 0 Å². The van der Waals surface area contributed by atoms with Crippen molar-refractivity contribution in [2.24, 2.45) is 0 Å². The first kappa shape index (κ1) is 13.6. The number of carbonyl (C=O) groups excluding carboxylic acids is 1. The van der Waals surface area contributed by atoms with E-state index in [0.29, 0.717) is 0 Å². The van der Waals surface area contributed by atoms with Crippen molar-refractivity contribution in [1.29, 1.82) is 0 Å². The fourth-order valence-corrected chi connectivity index (χ4v) is 1.62. The number of anilines is 1. The zero-order chi connectivity index (χ0) is 12.9. The van der Waals surface area contributed by atoms with Crippen LogP contribution in [0.5, 0.6) is 0 Å². The van der Waals surface area contributed by atoms with Crippen molar-refractivity contribution >= 4 is 11.7 Å². The van der Waals surface area contributed by atoms with Gasteiger partial charge in [-0.2, -0.15) is 0 Å². The maximum atomic E-state index is 11.8. The number of aryl methyl sites for hydroxylation is 1. The molecule has 0 aliphatic carbocycles. The van der Waals surface area contributed by atoms with Crippen LogP contribution in [0.1, 0.15) is 39.7 Å². The molecule has 0 saturated heterocycles. The first-order valence-electron chi connectivity index (χ1n) is 6.09. The van der Waals surface area contributed by atoms with Crippen LogP contribution in [-0.2, 0) is 6.42 Å². The summed E-state index contributed by atoms with van der Waals surface area (Å²) >= 11 is 0. The zero-order valence-corrected chi connectivity index (χ0v) is 11.1. The molecule has 0 saturated carbocycles. The summed E-state index contributed by atoms with van der Waals surface area (Å²) < 4.78 is 0. The van der Waals surface area contributed by atoms with Crippen molar-refractivity contribution in [3.63, 3.8) is 0 Å². The summed E-state index contributed by atoms with van der Waals surface area (Å²) in [5.74, 6) is 0. The lowest BCUT2D eigenvalue weighted by molar-refractivity contribution is 0.244. The highest BCUT2D eigenvalue weighted by atomic mass is 16.2. The van der Waals surface area contributed by atoms with Gasteiger partial charge in [-0.05, 0) is 38.8 Å². The van der Waals surface area contributed by atoms with Gasteiger partial charge in [-0.3, -0.25) is 0 Å². The fraction of sp³-hybridized carbons (Fsp3) is 0.500. The number of hydrogen-bond donors (Lipinski definition) is 2. The molecule has 0 aliphatic heterocycles. The average molecular weight is 234 g/mol. The van der Waals surface area contributed by atoms with Gasteiger partial charge in [0.2, 0.25) is 0 Å². The highest BCUT2D eigenvalue weighted by molar-refractivity contribution is 5.90. The van der Waals surface area contributed by atoms with Gasteiger partial charge in [-0.1, -0.05) is 31.5 Å². The number of amides is 2. The van der Waals surface area contributed by atoms with Crippen LogP contribution >= 0.6 is 0 Å². The van der Waals surface area contributed by atoms with E-state index in [2.05, 4.69) is 23.6 Å². The van der Waals surface area contributed by atoms with Crippen LogP contribution in [0.25, 0.3) is 0 Å². The Morgan fingerprint density at radius 1 is 1.24 bits per heavy atom. The molecule has 17 heavy (non-hydrogen) atoms. The minimum Gasteiger partial charge on any atom is -0.333 e. The molecule has 2 N–H and O–H groups in total. The molecular formula is C14H22N2O. The van der Waals surface area contributed by atoms with Crippen LogP contribution in [0.3, 0.4) is 0 Å². The average Bonchev–Trinajstić information content (AvgIpc) is 2.18. The summed E-state index contributed by atoms with van der Waals surface area (Å²) in [5.41, 5.74) is 1.86. The van der Waals surface area contributed by atoms with E-state index in [1.165, 1.54) is 5.56 Å². The second-order valence-corrected chi connectivity index (χ2v) is 5.24. The molecule has 3 nitrogen and oxygen atoms in total. The molecule has 94 valence electrons. The van der Waals surface area contributed by atoms with Gasteiger partial charge in [-0.25, -0.2) is 4.79 Å². The third kappa shape index (κ3) is 4.89. The lowest BCUT2D eigenvalue weighted by Gasteiger charge is -2.21. The summed E-state index contributed by atoms with van der Waals surface area (Å²) in [5, 5.41) is 5.79. The first-order valence-corrected chi connectivity index (χ1v) is 6.09. The van der Waals surface area contributed by atoms with Gasteiger partial charge in [-0.15, -0.1) is 0 Å². The molecule has 1 aromatic rings. The second kappa shape index (κ2) is 5.71. The maximum Gasteiger partial charge on any atom is 0.319 e. The molecule has 0 unspecified atom stereocenters. The normalized spacial score (nSPS) is 11.1. The molecule has 0 bridgehead atoms. The van der Waals surface area contributed by atoms with Crippen LogP contribution in [0.2, 0.25) is 0 Å². The van der Waals surface area contributed by atoms with E-state index in [0.717, 1.165) is 18.5 Å². The number of hydrogen-bond acceptors (Lipinski definition) is 1. The van der Waals surface area contributed by atoms with Crippen LogP contribution in [-0.4, -0.2) is 11.6 Å². The highest BCUT2D eigenvalue weighted by Gasteiger charge is 2.14. The van der Waals surface area contributed by atoms with Crippen LogP contribution in [0.15, 0.2) is 24.3 Å². The second-order valence-electron chi connectivity index (χ2n) is 5.24. The van der Waals surface area contributed by atoms with Crippen LogP contribution in [0.4, 0.5) is 10.5 Å². The first-order chi connectivity index (χ1) is 7.92. The van der Waals surface area contributed by atoms with Crippen molar-refractivity contribution < 1.29 is 4.79 Å². The zero-order valence-electron chi connectivity index (χ0n) is 11.1. The predicted molar refractivity (Wildman–Crippen MR) is 72.3 cm³/mol. The van der Waals surface area contributed by atoms with Crippen molar-refractivity contribution in [3.05, 3.63) is 29.8 Å². The number of carbonyl (C=O) groups is 1. The maximum absolute atomic E-state index is 11.8. The summed E-state index contributed by atoms with van der Waals surface area (Å²) in [7, 11) is 0. The van der Waals surface area contributed by atoms with Crippen molar-refractivity contribution in [2.75, 3.05) is 5.32 Å². The van der Waals surface area contributed by atoms with Crippen LogP contribution in [0, 0.1) is 0 Å². The molecule has 0 aromatic heterocycles. The number of nitrogens with one attached hydrogen (secondary N) is 2. The van der Waals surface area contributed by atoms with Gasteiger partial charge >= 0.3 is 6.03 Å². The van der Waals surface area contributed by atoms with Gasteiger partial charge < -0.3 is 10.6 Å². The number of urea groups is 1. The minimum absolute atomic E-state index is 0.152. The van der Waals surface area contributed by atoms with Gasteiger partial charge in [0.05, 0.1) is 0 Å². The Balaban J connectivity index is 2.71. The van der Waals surface area contributed by atoms with Crippen molar-refractivity contribution in [3.8, 4) is 0 Å². The monoisotopic (exact) mass is 234 g/mol. The van der Waals surface area contributed by atoms with Gasteiger partial charge in [0.25, 0.3) is 0 Å². The van der Waals surface area contributed by atoms with E-state index in [-0.39, 0.29) is 11.6 Å². The molecule has 0 heterocycles. The molecule has 1 rings (SSSR count). The lowest BCUT2D eigenvalue weighted by Crippen LogP contribution is -2.43. The molecule has 0 radical (unpaired) electrons. The van der Waals surface area contributed by atoms with Gasteiger partial charge in [0.1, 0.15) is 0 Å². The minimum atomic E-state index is -0.218. The van der Waals surface area contributed by atoms with E-state index < -0.39 is 0 Å². The molecule has 3 heteroatoms. The molecule has 1 aromatic carbocycles. The molecular weight excluding hydrogens is 212 g/mol. The third-order valence-corrected chi connectivity index (χ3v) is 2.27. The fourth-order valence-electron chi connectivity index (χ4n) is 1.62. The standard InChI is InChI=1S/C14H22N2O/c1-5-8-11-9-6-7-10-12(11)15-13(17)16-14(2,3)4/h6-7,9-10H,5,8H2,1-4H3,(H2,15,16,17). The SMILES string of the molecule is CCCc1ccccc1NC(=O)NC(C)(C)C. The van der Waals surface area contributed by atoms with Crippen molar-refractivity contribution in [2.45, 2.75) is 46.1 Å². The summed E-state index contributed by atoms with van der Waals surface area (Å²) in [6.45, 7) is 8.02. The Hall–Kier alpha value is -1.51. The van der Waals surface area contributed by atoms with E-state index in [1.807, 2.05) is 39.0 Å². The Bertz CT molecular complexity index is 380. The third-order valence-electron chi connectivity index (χ3n) is 2.27. The van der Waals surface area contributed by atoms with E-state index >= 15 is 0 Å². The molecule has 0 spiro atoms. The molecule has 0 fully saturated rings. The Morgan fingerprint density at radius 3 is 2.47 bits per heavy atom. The summed E-state index contributed by atoms with van der Waals surface area (Å²) in [4.78, 5) is 11.8. The van der Waals surface area contributed by atoms with Gasteiger partial charge in [0.15, 0.2) is 0 Å².